The van der Waals surface area contributed by atoms with Crippen LogP contribution in [0.2, 0.25) is 0 Å². The third-order valence-corrected chi connectivity index (χ3v) is 2.29. The fourth-order valence-corrected chi connectivity index (χ4v) is 1.50. The van der Waals surface area contributed by atoms with Crippen molar-refractivity contribution in [2.75, 3.05) is 0 Å². The van der Waals surface area contributed by atoms with Gasteiger partial charge in [-0.15, -0.1) is 0 Å². The molecule has 0 saturated heterocycles. The predicted molar refractivity (Wildman–Crippen MR) is 52.8 cm³/mol. The normalized spacial score (nSPS) is 18.7. The molecule has 0 spiro atoms. The first-order chi connectivity index (χ1) is 7.09. The maximum absolute atomic E-state index is 11.4. The van der Waals surface area contributed by atoms with Gasteiger partial charge in [-0.05, 0) is 29.8 Å². The second-order valence-electron chi connectivity index (χ2n) is 3.28. The van der Waals surface area contributed by atoms with Gasteiger partial charge in [-0.2, -0.15) is 0 Å². The number of carbonyl (C=O) groups excluding carboxylic acids is 1. The number of hydrogen-bond acceptors (Lipinski definition) is 3. The van der Waals surface area contributed by atoms with Gasteiger partial charge in [-0.3, -0.25) is 4.79 Å². The van der Waals surface area contributed by atoms with Crippen LogP contribution in [0.5, 0.6) is 0 Å². The Balaban J connectivity index is 2.54. The number of aliphatic hydroxyl groups is 1. The summed E-state index contributed by atoms with van der Waals surface area (Å²) in [6.07, 6.45) is 1.78. The van der Waals surface area contributed by atoms with Crippen LogP contribution >= 0.6 is 0 Å². The lowest BCUT2D eigenvalue weighted by Crippen LogP contribution is -2.21. The Morgan fingerprint density at radius 1 is 1.33 bits per heavy atom. The number of fused-ring (bicyclic) bond motifs is 1. The molecule has 15 heavy (non-hydrogen) atoms. The van der Waals surface area contributed by atoms with Crippen molar-refractivity contribution in [1.29, 1.82) is 0 Å². The zero-order valence-electron chi connectivity index (χ0n) is 7.68. The van der Waals surface area contributed by atoms with E-state index in [9.17, 15) is 14.7 Å². The number of aromatic carboxylic acids is 1. The van der Waals surface area contributed by atoms with Crippen LogP contribution < -0.4 is 0 Å². The monoisotopic (exact) mass is 204 g/mol. The van der Waals surface area contributed by atoms with Gasteiger partial charge in [-0.1, -0.05) is 6.08 Å². The molecule has 76 valence electrons. The number of carbonyl (C=O) groups is 2. The average molecular weight is 204 g/mol. The van der Waals surface area contributed by atoms with Gasteiger partial charge in [0.05, 0.1) is 5.56 Å². The van der Waals surface area contributed by atoms with Gasteiger partial charge in [0.25, 0.3) is 0 Å². The summed E-state index contributed by atoms with van der Waals surface area (Å²) >= 11 is 0. The third-order valence-electron chi connectivity index (χ3n) is 2.29. The number of aliphatic hydroxyl groups excluding tert-OH is 1. The van der Waals surface area contributed by atoms with E-state index in [0.29, 0.717) is 11.1 Å². The van der Waals surface area contributed by atoms with Gasteiger partial charge < -0.3 is 10.2 Å². The number of carboxylic acid groups (broad SMARTS) is 1. The van der Waals surface area contributed by atoms with Crippen molar-refractivity contribution in [1.82, 2.24) is 0 Å². The topological polar surface area (TPSA) is 74.6 Å². The summed E-state index contributed by atoms with van der Waals surface area (Å²) in [4.78, 5) is 22.1. The zero-order chi connectivity index (χ0) is 11.0. The molecule has 0 aromatic heterocycles. The van der Waals surface area contributed by atoms with Crippen LogP contribution in [-0.2, 0) is 0 Å². The maximum Gasteiger partial charge on any atom is 0.335 e. The van der Waals surface area contributed by atoms with Crippen LogP contribution in [0, 0.1) is 0 Å². The van der Waals surface area contributed by atoms with Crippen LogP contribution in [0.15, 0.2) is 24.3 Å². The molecule has 1 aliphatic carbocycles. The molecule has 0 radical (unpaired) electrons. The number of carboxylic acids is 1. The Labute approximate surface area is 85.5 Å². The van der Waals surface area contributed by atoms with Crippen LogP contribution in [-0.4, -0.2) is 28.1 Å². The van der Waals surface area contributed by atoms with Crippen LogP contribution in [0.1, 0.15) is 26.3 Å². The first-order valence-corrected chi connectivity index (χ1v) is 4.37. The first-order valence-electron chi connectivity index (χ1n) is 4.37. The predicted octanol–water partition coefficient (Wildman–Crippen LogP) is 0.955. The second kappa shape index (κ2) is 3.33. The summed E-state index contributed by atoms with van der Waals surface area (Å²) in [5.74, 6) is -1.44. The van der Waals surface area contributed by atoms with Crippen molar-refractivity contribution in [3.8, 4) is 0 Å². The molecule has 1 unspecified atom stereocenters. The maximum atomic E-state index is 11.4. The van der Waals surface area contributed by atoms with E-state index in [1.165, 1.54) is 24.3 Å². The fraction of sp³-hybridized carbons (Fsp3) is 0.0909. The number of ketones is 1. The number of hydrogen-bond donors (Lipinski definition) is 2. The van der Waals surface area contributed by atoms with Gasteiger partial charge in [0.1, 0.15) is 6.10 Å². The minimum absolute atomic E-state index is 0.127. The molecule has 0 heterocycles. The smallest absolute Gasteiger partial charge is 0.335 e. The molecular weight excluding hydrogens is 196 g/mol. The van der Waals surface area contributed by atoms with Crippen molar-refractivity contribution in [2.45, 2.75) is 6.10 Å². The molecule has 1 aliphatic rings. The summed E-state index contributed by atoms with van der Waals surface area (Å²) < 4.78 is 0. The average Bonchev–Trinajstić information content (AvgIpc) is 2.23. The number of rotatable bonds is 1. The van der Waals surface area contributed by atoms with Crippen LogP contribution in [0.25, 0.3) is 6.08 Å². The van der Waals surface area contributed by atoms with E-state index < -0.39 is 17.9 Å². The molecule has 1 atom stereocenters. The van der Waals surface area contributed by atoms with E-state index in [1.807, 2.05) is 0 Å². The lowest BCUT2D eigenvalue weighted by Gasteiger charge is -2.13. The quantitative estimate of drug-likeness (QED) is 0.714. The molecule has 4 heteroatoms. The molecule has 4 nitrogen and oxygen atoms in total. The highest BCUT2D eigenvalue weighted by Crippen LogP contribution is 2.20. The van der Waals surface area contributed by atoms with Gasteiger partial charge in [-0.25, -0.2) is 4.79 Å². The Morgan fingerprint density at radius 2 is 2.07 bits per heavy atom. The van der Waals surface area contributed by atoms with Crippen LogP contribution in [0.3, 0.4) is 0 Å². The highest BCUT2D eigenvalue weighted by Gasteiger charge is 2.21. The minimum Gasteiger partial charge on any atom is -0.478 e. The van der Waals surface area contributed by atoms with E-state index >= 15 is 0 Å². The summed E-state index contributed by atoms with van der Waals surface area (Å²) in [6.45, 7) is 0. The van der Waals surface area contributed by atoms with Crippen molar-refractivity contribution in [2.24, 2.45) is 0 Å². The SMILES string of the molecule is O=C(O)c1ccc2c(c1)C=CC(O)C2=O. The number of Topliss-reactive ketones (excluding diaryl/α,β-unsaturated/α-hetero) is 1. The standard InChI is InChI=1S/C11H8O4/c12-9-4-2-6-5-7(11(14)15)1-3-8(6)10(9)13/h1-5,9,12H,(H,14,15). The van der Waals surface area contributed by atoms with Gasteiger partial charge in [0, 0.05) is 5.56 Å². The van der Waals surface area contributed by atoms with E-state index in [1.54, 1.807) is 6.08 Å². The largest absolute Gasteiger partial charge is 0.478 e. The number of benzene rings is 1. The van der Waals surface area contributed by atoms with Gasteiger partial charge in [0.15, 0.2) is 5.78 Å². The van der Waals surface area contributed by atoms with Crippen molar-refractivity contribution >= 4 is 17.8 Å². The molecule has 0 amide bonds. The first kappa shape index (κ1) is 9.61. The summed E-state index contributed by atoms with van der Waals surface area (Å²) in [7, 11) is 0. The summed E-state index contributed by atoms with van der Waals surface area (Å²) in [6, 6.07) is 4.19. The van der Waals surface area contributed by atoms with Crippen molar-refractivity contribution < 1.29 is 19.8 Å². The molecule has 0 fully saturated rings. The lowest BCUT2D eigenvalue weighted by molar-refractivity contribution is 0.0695. The molecule has 2 N–H and O–H groups in total. The van der Waals surface area contributed by atoms with Crippen molar-refractivity contribution in [3.63, 3.8) is 0 Å². The summed E-state index contributed by atoms with van der Waals surface area (Å²) in [5, 5.41) is 18.0. The second-order valence-corrected chi connectivity index (χ2v) is 3.28. The molecule has 0 saturated carbocycles. The third kappa shape index (κ3) is 1.55. The molecule has 2 rings (SSSR count). The van der Waals surface area contributed by atoms with Gasteiger partial charge in [0.2, 0.25) is 0 Å². The molecule has 1 aromatic carbocycles. The Hall–Kier alpha value is -1.94. The Morgan fingerprint density at radius 3 is 2.73 bits per heavy atom. The summed E-state index contributed by atoms with van der Waals surface area (Å²) in [5.41, 5.74) is 1.02. The molecular formula is C11H8O4. The highest BCUT2D eigenvalue weighted by molar-refractivity contribution is 6.06. The highest BCUT2D eigenvalue weighted by atomic mass is 16.4. The van der Waals surface area contributed by atoms with E-state index in [-0.39, 0.29) is 5.56 Å². The Kier molecular flexibility index (Phi) is 2.13. The van der Waals surface area contributed by atoms with Crippen LogP contribution in [0.4, 0.5) is 0 Å². The van der Waals surface area contributed by atoms with E-state index in [2.05, 4.69) is 0 Å². The van der Waals surface area contributed by atoms with Crippen molar-refractivity contribution in [3.05, 3.63) is 41.0 Å². The lowest BCUT2D eigenvalue weighted by atomic mass is 9.93. The van der Waals surface area contributed by atoms with E-state index in [0.717, 1.165) is 0 Å². The fourth-order valence-electron chi connectivity index (χ4n) is 1.50. The molecule has 0 aliphatic heterocycles. The molecule has 0 bridgehead atoms. The minimum atomic E-state index is -1.12. The Bertz CT molecular complexity index is 473. The molecule has 1 aromatic rings. The van der Waals surface area contributed by atoms with E-state index in [4.69, 9.17) is 5.11 Å². The zero-order valence-corrected chi connectivity index (χ0v) is 7.68. The van der Waals surface area contributed by atoms with Gasteiger partial charge >= 0.3 is 5.97 Å².